The number of anilines is 2. The standard InChI is InChI=1S/C16H16BrN5O2/c17-13-3-1-2-4-14(13)20-16-18-9-12(10-19-16)15(24)22-7-5-21(11-23)6-8-22/h1-4,9-11H,5-8H2,(H,18,19,20). The lowest BCUT2D eigenvalue weighted by molar-refractivity contribution is -0.119. The van der Waals surface area contributed by atoms with Crippen LogP contribution in [0.4, 0.5) is 11.6 Å². The summed E-state index contributed by atoms with van der Waals surface area (Å²) in [5.74, 6) is 0.303. The second kappa shape index (κ2) is 7.39. The fourth-order valence-electron chi connectivity index (χ4n) is 2.40. The molecule has 1 aliphatic heterocycles. The fraction of sp³-hybridized carbons (Fsp3) is 0.250. The highest BCUT2D eigenvalue weighted by atomic mass is 79.9. The van der Waals surface area contributed by atoms with Crippen molar-refractivity contribution in [1.82, 2.24) is 19.8 Å². The number of hydrogen-bond acceptors (Lipinski definition) is 5. The van der Waals surface area contributed by atoms with Gasteiger partial charge in [-0.3, -0.25) is 9.59 Å². The zero-order valence-electron chi connectivity index (χ0n) is 12.9. The van der Waals surface area contributed by atoms with E-state index < -0.39 is 0 Å². The van der Waals surface area contributed by atoms with Gasteiger partial charge in [-0.25, -0.2) is 9.97 Å². The van der Waals surface area contributed by atoms with E-state index >= 15 is 0 Å². The van der Waals surface area contributed by atoms with E-state index in [1.54, 1.807) is 9.80 Å². The Morgan fingerprint density at radius 3 is 2.42 bits per heavy atom. The average molecular weight is 390 g/mol. The molecule has 0 atom stereocenters. The number of nitrogens with zero attached hydrogens (tertiary/aromatic N) is 4. The summed E-state index contributed by atoms with van der Waals surface area (Å²) in [6.45, 7) is 2.15. The number of nitrogens with one attached hydrogen (secondary N) is 1. The Hall–Kier alpha value is -2.48. The first-order chi connectivity index (χ1) is 11.7. The Labute approximate surface area is 147 Å². The third-order valence-corrected chi connectivity index (χ3v) is 4.46. The number of aromatic nitrogens is 2. The molecule has 2 heterocycles. The SMILES string of the molecule is O=CN1CCN(C(=O)c2cnc(Nc3ccccc3Br)nc2)CC1. The van der Waals surface area contributed by atoms with Crippen molar-refractivity contribution in [2.24, 2.45) is 0 Å². The lowest BCUT2D eigenvalue weighted by atomic mass is 10.2. The van der Waals surface area contributed by atoms with Gasteiger partial charge in [0.1, 0.15) is 0 Å². The number of halogens is 1. The Morgan fingerprint density at radius 1 is 1.12 bits per heavy atom. The summed E-state index contributed by atoms with van der Waals surface area (Å²) in [5, 5.41) is 3.09. The number of benzene rings is 1. The van der Waals surface area contributed by atoms with Gasteiger partial charge in [-0.15, -0.1) is 0 Å². The maximum Gasteiger partial charge on any atom is 0.257 e. The van der Waals surface area contributed by atoms with Gasteiger partial charge in [-0.2, -0.15) is 0 Å². The van der Waals surface area contributed by atoms with Crippen LogP contribution in [0.15, 0.2) is 41.1 Å². The number of para-hydroxylation sites is 1. The Balaban J connectivity index is 1.65. The summed E-state index contributed by atoms with van der Waals surface area (Å²) in [4.78, 5) is 34.9. The minimum atomic E-state index is -0.118. The normalized spacial score (nSPS) is 14.4. The van der Waals surface area contributed by atoms with Gasteiger partial charge in [0.05, 0.1) is 11.3 Å². The number of carbonyl (C=O) groups is 2. The van der Waals surface area contributed by atoms with E-state index in [2.05, 4.69) is 31.2 Å². The molecule has 1 fully saturated rings. The summed E-state index contributed by atoms with van der Waals surface area (Å²) in [7, 11) is 0. The zero-order chi connectivity index (χ0) is 16.9. The van der Waals surface area contributed by atoms with Crippen LogP contribution in [0, 0.1) is 0 Å². The first kappa shape index (κ1) is 16.4. The molecule has 1 aromatic carbocycles. The number of piperazine rings is 1. The molecule has 0 unspecified atom stereocenters. The summed E-state index contributed by atoms with van der Waals surface area (Å²) in [6.07, 6.45) is 3.84. The van der Waals surface area contributed by atoms with Gasteiger partial charge in [0.2, 0.25) is 12.4 Å². The molecule has 0 spiro atoms. The molecule has 3 rings (SSSR count). The quantitative estimate of drug-likeness (QED) is 0.807. The van der Waals surface area contributed by atoms with Crippen molar-refractivity contribution in [2.75, 3.05) is 31.5 Å². The van der Waals surface area contributed by atoms with Gasteiger partial charge in [0.25, 0.3) is 5.91 Å². The van der Waals surface area contributed by atoms with Gasteiger partial charge in [-0.05, 0) is 28.1 Å². The maximum absolute atomic E-state index is 12.4. The van der Waals surface area contributed by atoms with E-state index in [9.17, 15) is 9.59 Å². The van der Waals surface area contributed by atoms with Crippen molar-refractivity contribution in [3.63, 3.8) is 0 Å². The molecule has 0 bridgehead atoms. The molecule has 1 aliphatic rings. The van der Waals surface area contributed by atoms with E-state index in [0.717, 1.165) is 16.6 Å². The molecule has 124 valence electrons. The highest BCUT2D eigenvalue weighted by Crippen LogP contribution is 2.23. The first-order valence-electron chi connectivity index (χ1n) is 7.49. The van der Waals surface area contributed by atoms with Crippen LogP contribution in [-0.2, 0) is 4.79 Å². The van der Waals surface area contributed by atoms with Gasteiger partial charge in [0.15, 0.2) is 0 Å². The van der Waals surface area contributed by atoms with E-state index in [4.69, 9.17) is 0 Å². The minimum Gasteiger partial charge on any atom is -0.342 e. The predicted molar refractivity (Wildman–Crippen MR) is 93.0 cm³/mol. The van der Waals surface area contributed by atoms with Crippen LogP contribution in [-0.4, -0.2) is 58.3 Å². The molecular weight excluding hydrogens is 374 g/mol. The highest BCUT2D eigenvalue weighted by molar-refractivity contribution is 9.10. The van der Waals surface area contributed by atoms with Crippen molar-refractivity contribution < 1.29 is 9.59 Å². The molecule has 1 saturated heterocycles. The molecule has 2 amide bonds. The number of amides is 2. The lowest BCUT2D eigenvalue weighted by Gasteiger charge is -2.32. The van der Waals surface area contributed by atoms with Gasteiger partial charge in [0, 0.05) is 43.0 Å². The smallest absolute Gasteiger partial charge is 0.257 e. The second-order valence-corrected chi connectivity index (χ2v) is 6.19. The van der Waals surface area contributed by atoms with Gasteiger partial charge in [-0.1, -0.05) is 12.1 Å². The fourth-order valence-corrected chi connectivity index (χ4v) is 2.78. The highest BCUT2D eigenvalue weighted by Gasteiger charge is 2.21. The molecule has 8 heteroatoms. The van der Waals surface area contributed by atoms with Crippen LogP contribution < -0.4 is 5.32 Å². The number of rotatable bonds is 4. The van der Waals surface area contributed by atoms with Crippen molar-refractivity contribution in [2.45, 2.75) is 0 Å². The predicted octanol–water partition coefficient (Wildman–Crippen LogP) is 1.90. The Kier molecular flexibility index (Phi) is 5.05. The second-order valence-electron chi connectivity index (χ2n) is 5.33. The largest absolute Gasteiger partial charge is 0.342 e. The van der Waals surface area contributed by atoms with Gasteiger partial charge >= 0.3 is 0 Å². The third kappa shape index (κ3) is 3.70. The van der Waals surface area contributed by atoms with Crippen molar-refractivity contribution in [1.29, 1.82) is 0 Å². The monoisotopic (exact) mass is 389 g/mol. The van der Waals surface area contributed by atoms with Crippen LogP contribution in [0.1, 0.15) is 10.4 Å². The van der Waals surface area contributed by atoms with Crippen LogP contribution in [0.5, 0.6) is 0 Å². The molecule has 7 nitrogen and oxygen atoms in total. The number of carbonyl (C=O) groups excluding carboxylic acids is 2. The molecule has 0 saturated carbocycles. The summed E-state index contributed by atoms with van der Waals surface area (Å²) >= 11 is 3.45. The van der Waals surface area contributed by atoms with E-state index in [0.29, 0.717) is 37.7 Å². The minimum absolute atomic E-state index is 0.118. The van der Waals surface area contributed by atoms with Crippen LogP contribution in [0.25, 0.3) is 0 Å². The average Bonchev–Trinajstić information content (AvgIpc) is 2.64. The molecule has 0 radical (unpaired) electrons. The summed E-state index contributed by atoms with van der Waals surface area (Å²) in [5.41, 5.74) is 1.29. The van der Waals surface area contributed by atoms with Crippen molar-refractivity contribution in [3.8, 4) is 0 Å². The molecule has 1 N–H and O–H groups in total. The zero-order valence-corrected chi connectivity index (χ0v) is 14.4. The van der Waals surface area contributed by atoms with E-state index in [1.807, 2.05) is 24.3 Å². The Morgan fingerprint density at radius 2 is 1.79 bits per heavy atom. The van der Waals surface area contributed by atoms with Gasteiger partial charge < -0.3 is 15.1 Å². The van der Waals surface area contributed by atoms with Crippen LogP contribution in [0.2, 0.25) is 0 Å². The summed E-state index contributed by atoms with van der Waals surface area (Å²) < 4.78 is 0.904. The first-order valence-corrected chi connectivity index (χ1v) is 8.29. The van der Waals surface area contributed by atoms with Crippen molar-refractivity contribution in [3.05, 3.63) is 46.7 Å². The van der Waals surface area contributed by atoms with Crippen LogP contribution >= 0.6 is 15.9 Å². The maximum atomic E-state index is 12.4. The third-order valence-electron chi connectivity index (χ3n) is 3.77. The molecular formula is C16H16BrN5O2. The lowest BCUT2D eigenvalue weighted by Crippen LogP contribution is -2.48. The molecule has 24 heavy (non-hydrogen) atoms. The molecule has 0 aliphatic carbocycles. The van der Waals surface area contributed by atoms with Crippen LogP contribution in [0.3, 0.4) is 0 Å². The van der Waals surface area contributed by atoms with E-state index in [1.165, 1.54) is 12.4 Å². The summed E-state index contributed by atoms with van der Waals surface area (Å²) in [6, 6.07) is 7.64. The van der Waals surface area contributed by atoms with Crippen molar-refractivity contribution >= 4 is 39.9 Å². The topological polar surface area (TPSA) is 78.4 Å². The Bertz CT molecular complexity index is 730. The van der Waals surface area contributed by atoms with E-state index in [-0.39, 0.29) is 5.91 Å². The number of hydrogen-bond donors (Lipinski definition) is 1. The molecule has 2 aromatic rings. The molecule has 1 aromatic heterocycles.